The maximum Gasteiger partial charge on any atom is 0.515 e. The van der Waals surface area contributed by atoms with Crippen LogP contribution in [0.3, 0.4) is 0 Å². The van der Waals surface area contributed by atoms with Gasteiger partial charge in [0.2, 0.25) is 0 Å². The zero-order valence-corrected chi connectivity index (χ0v) is 11.2. The molecule has 0 heterocycles. The van der Waals surface area contributed by atoms with Gasteiger partial charge in [0.1, 0.15) is 5.75 Å². The van der Waals surface area contributed by atoms with Crippen molar-refractivity contribution < 1.29 is 17.7 Å². The lowest BCUT2D eigenvalue weighted by atomic mass is 9.92. The van der Waals surface area contributed by atoms with E-state index in [1.54, 1.807) is 0 Å². The Morgan fingerprint density at radius 2 is 1.44 bits per heavy atom. The molecular weight excluding hydrogens is 240 g/mol. The number of hydrogen-bond donors (Lipinski definition) is 0. The van der Waals surface area contributed by atoms with Gasteiger partial charge in [0, 0.05) is 0 Å². The van der Waals surface area contributed by atoms with E-state index in [1.165, 1.54) is 0 Å². The van der Waals surface area contributed by atoms with Gasteiger partial charge in [-0.15, -0.1) is 0 Å². The summed E-state index contributed by atoms with van der Waals surface area (Å²) in [5.41, 5.74) is 1.67. The van der Waals surface area contributed by atoms with Crippen LogP contribution in [-0.2, 0) is 0 Å². The molecule has 5 heteroatoms. The van der Waals surface area contributed by atoms with Crippen molar-refractivity contribution >= 4 is 6.98 Å². The van der Waals surface area contributed by atoms with Gasteiger partial charge in [0.05, 0.1) is 6.51 Å². The van der Waals surface area contributed by atoms with Crippen molar-refractivity contribution in [1.29, 1.82) is 0 Å². The second-order valence-corrected chi connectivity index (χ2v) is 5.10. The molecule has 0 bridgehead atoms. The van der Waals surface area contributed by atoms with E-state index in [1.807, 2.05) is 45.9 Å². The van der Waals surface area contributed by atoms with Gasteiger partial charge >= 0.3 is 6.98 Å². The third kappa shape index (κ3) is 3.96. The van der Waals surface area contributed by atoms with Gasteiger partial charge in [0.15, 0.2) is 0 Å². The number of benzene rings is 1. The number of ether oxygens (including phenoxy) is 1. The molecule has 0 saturated carbocycles. The second-order valence-electron chi connectivity index (χ2n) is 5.10. The van der Waals surface area contributed by atoms with Crippen LogP contribution in [0.4, 0.5) is 12.9 Å². The molecule has 1 nitrogen and oxygen atoms in total. The average Bonchev–Trinajstić information content (AvgIpc) is 2.24. The van der Waals surface area contributed by atoms with Crippen molar-refractivity contribution in [1.82, 2.24) is 0 Å². The summed E-state index contributed by atoms with van der Waals surface area (Å²) < 4.78 is 42.1. The Balaban J connectivity index is 3.11. The highest BCUT2D eigenvalue weighted by molar-refractivity contribution is 6.58. The molecule has 0 saturated heterocycles. The number of para-hydroxylation sites is 1. The van der Waals surface area contributed by atoms with Gasteiger partial charge in [-0.2, -0.15) is 0 Å². The van der Waals surface area contributed by atoms with E-state index in [4.69, 9.17) is 4.74 Å². The summed E-state index contributed by atoms with van der Waals surface area (Å²) in [4.78, 5) is 0. The van der Waals surface area contributed by atoms with Crippen molar-refractivity contribution in [2.24, 2.45) is 0 Å². The maximum absolute atomic E-state index is 12.3. The average molecular weight is 259 g/mol. The Morgan fingerprint density at radius 1 is 1.00 bits per heavy atom. The molecule has 0 unspecified atom stereocenters. The number of rotatable bonds is 5. The fourth-order valence-electron chi connectivity index (χ4n) is 1.83. The highest BCUT2D eigenvalue weighted by Gasteiger charge is 2.26. The maximum atomic E-state index is 12.3. The molecule has 18 heavy (non-hydrogen) atoms. The largest absolute Gasteiger partial charge is 0.521 e. The van der Waals surface area contributed by atoms with Crippen molar-refractivity contribution in [2.75, 3.05) is 6.51 Å². The Bertz CT molecular complexity index is 373. The van der Waals surface area contributed by atoms with Crippen LogP contribution in [-0.4, -0.2) is 13.5 Å². The zero-order chi connectivity index (χ0) is 13.9. The van der Waals surface area contributed by atoms with Crippen LogP contribution < -0.4 is 4.74 Å². The molecule has 0 radical (unpaired) electrons. The molecule has 0 aliphatic rings. The van der Waals surface area contributed by atoms with E-state index < -0.39 is 13.5 Å². The number of hydrogen-bond acceptors (Lipinski definition) is 1. The first kappa shape index (κ1) is 14.9. The smallest absolute Gasteiger partial charge is 0.515 e. The minimum Gasteiger partial charge on any atom is -0.521 e. The molecule has 0 aliphatic heterocycles. The molecule has 0 aromatic heterocycles. The fraction of sp³-hybridized carbons (Fsp3) is 0.538. The first-order chi connectivity index (χ1) is 8.22. The molecule has 1 aromatic rings. The van der Waals surface area contributed by atoms with Crippen LogP contribution in [0.25, 0.3) is 0 Å². The Kier molecular flexibility index (Phi) is 4.71. The topological polar surface area (TPSA) is 9.23 Å². The fourth-order valence-corrected chi connectivity index (χ4v) is 1.83. The van der Waals surface area contributed by atoms with E-state index in [9.17, 15) is 12.9 Å². The molecule has 0 amide bonds. The van der Waals surface area contributed by atoms with Crippen molar-refractivity contribution in [3.05, 3.63) is 29.3 Å². The minimum atomic E-state index is -4.92. The summed E-state index contributed by atoms with van der Waals surface area (Å²) >= 11 is 0. The van der Waals surface area contributed by atoms with Gasteiger partial charge in [-0.25, -0.2) is 0 Å². The van der Waals surface area contributed by atoms with Crippen LogP contribution >= 0.6 is 0 Å². The lowest BCUT2D eigenvalue weighted by Crippen LogP contribution is -2.27. The predicted octanol–water partition coefficient (Wildman–Crippen LogP) is 4.70. The van der Waals surface area contributed by atoms with Crippen LogP contribution in [0.1, 0.15) is 50.7 Å². The monoisotopic (exact) mass is 259 g/mol. The molecule has 1 rings (SSSR count). The quantitative estimate of drug-likeness (QED) is 0.696. The van der Waals surface area contributed by atoms with E-state index in [-0.39, 0.29) is 11.8 Å². The normalized spacial score (nSPS) is 12.3. The van der Waals surface area contributed by atoms with Crippen molar-refractivity contribution in [2.45, 2.75) is 39.5 Å². The van der Waals surface area contributed by atoms with Crippen LogP contribution in [0, 0.1) is 0 Å². The van der Waals surface area contributed by atoms with Gasteiger partial charge in [0.25, 0.3) is 0 Å². The van der Waals surface area contributed by atoms with Crippen LogP contribution in [0.2, 0.25) is 0 Å². The molecule has 0 N–H and O–H groups in total. The molecule has 1 aromatic carbocycles. The van der Waals surface area contributed by atoms with E-state index in [2.05, 4.69) is 0 Å². The molecule has 0 aliphatic carbocycles. The lowest BCUT2D eigenvalue weighted by molar-refractivity contribution is 0.306. The summed E-state index contributed by atoms with van der Waals surface area (Å²) in [5, 5.41) is 0. The van der Waals surface area contributed by atoms with Gasteiger partial charge in [-0.3, -0.25) is 0 Å². The van der Waals surface area contributed by atoms with Crippen molar-refractivity contribution in [3.63, 3.8) is 0 Å². The zero-order valence-electron chi connectivity index (χ0n) is 11.2. The third-order valence-corrected chi connectivity index (χ3v) is 2.74. The van der Waals surface area contributed by atoms with Gasteiger partial charge < -0.3 is 17.7 Å². The molecular formula is C13H19BF3O-. The first-order valence-corrected chi connectivity index (χ1v) is 6.19. The second kappa shape index (κ2) is 5.68. The minimum absolute atomic E-state index is 0.138. The molecule has 0 atom stereocenters. The summed E-state index contributed by atoms with van der Waals surface area (Å²) in [6.45, 7) is 1.70. The molecule has 0 spiro atoms. The Hall–Kier alpha value is -1.13. The summed E-state index contributed by atoms with van der Waals surface area (Å²) in [5.74, 6) is 0.681. The van der Waals surface area contributed by atoms with E-state index in [0.29, 0.717) is 5.75 Å². The molecule has 102 valence electrons. The third-order valence-electron chi connectivity index (χ3n) is 2.74. The Morgan fingerprint density at radius 3 is 1.78 bits per heavy atom. The molecule has 0 fully saturated rings. The predicted molar refractivity (Wildman–Crippen MR) is 69.2 cm³/mol. The lowest BCUT2D eigenvalue weighted by Gasteiger charge is -2.23. The summed E-state index contributed by atoms with van der Waals surface area (Å²) in [7, 11) is 0. The Labute approximate surface area is 106 Å². The van der Waals surface area contributed by atoms with Gasteiger partial charge in [-0.05, 0) is 23.0 Å². The SMILES string of the molecule is CC(C)c1cccc(C(C)C)c1OC[B-](F)(F)F. The van der Waals surface area contributed by atoms with Crippen LogP contribution in [0.15, 0.2) is 18.2 Å². The highest BCUT2D eigenvalue weighted by Crippen LogP contribution is 2.34. The van der Waals surface area contributed by atoms with E-state index >= 15 is 0 Å². The number of halogens is 3. The van der Waals surface area contributed by atoms with E-state index in [0.717, 1.165) is 11.1 Å². The van der Waals surface area contributed by atoms with Crippen LogP contribution in [0.5, 0.6) is 5.75 Å². The van der Waals surface area contributed by atoms with Crippen molar-refractivity contribution in [3.8, 4) is 5.75 Å². The van der Waals surface area contributed by atoms with Gasteiger partial charge in [-0.1, -0.05) is 45.9 Å². The standard InChI is InChI=1S/C13H19BF3O/c1-9(2)11-6-5-7-12(10(3)4)13(11)18-8-14(15,16)17/h5-7,9-10H,8H2,1-4H3/q-1. The summed E-state index contributed by atoms with van der Waals surface area (Å²) in [6, 6.07) is 5.53. The summed E-state index contributed by atoms with van der Waals surface area (Å²) in [6.07, 6.45) is 0. The first-order valence-electron chi connectivity index (χ1n) is 6.19. The highest BCUT2D eigenvalue weighted by atomic mass is 19.4.